The summed E-state index contributed by atoms with van der Waals surface area (Å²) in [5.74, 6) is 1.01. The normalized spacial score (nSPS) is 11.4. The number of aromatic hydroxyl groups is 1. The van der Waals surface area contributed by atoms with Gasteiger partial charge < -0.3 is 9.52 Å². The second-order valence-electron chi connectivity index (χ2n) is 5.06. The van der Waals surface area contributed by atoms with E-state index in [2.05, 4.69) is 4.98 Å². The van der Waals surface area contributed by atoms with E-state index in [1.165, 1.54) is 0 Å². The van der Waals surface area contributed by atoms with Crippen LogP contribution in [0.2, 0.25) is 5.02 Å². The van der Waals surface area contributed by atoms with Crippen molar-refractivity contribution < 1.29 is 9.52 Å². The highest BCUT2D eigenvalue weighted by molar-refractivity contribution is 6.31. The number of benzene rings is 2. The summed E-state index contributed by atoms with van der Waals surface area (Å²) in [6, 6.07) is 10.8. The van der Waals surface area contributed by atoms with Gasteiger partial charge in [0, 0.05) is 16.7 Å². The van der Waals surface area contributed by atoms with Gasteiger partial charge in [-0.15, -0.1) is 0 Å². The highest BCUT2D eigenvalue weighted by Gasteiger charge is 2.12. The highest BCUT2D eigenvalue weighted by atomic mass is 35.5. The molecule has 0 unspecified atom stereocenters. The number of nitrogens with zero attached hydrogens (tertiary/aromatic N) is 1. The third kappa shape index (κ3) is 2.25. The number of oxazole rings is 1. The van der Waals surface area contributed by atoms with Crippen LogP contribution in [-0.2, 0) is 0 Å². The Morgan fingerprint density at radius 3 is 2.65 bits per heavy atom. The van der Waals surface area contributed by atoms with Crippen molar-refractivity contribution in [3.05, 3.63) is 47.0 Å². The van der Waals surface area contributed by atoms with Crippen molar-refractivity contribution in [2.75, 3.05) is 0 Å². The van der Waals surface area contributed by atoms with Crippen molar-refractivity contribution in [3.8, 4) is 17.2 Å². The SMILES string of the molecule is CC(C)c1ccc(-c2nc3ccc(Cl)cc3o2)cc1O. The third-order valence-electron chi connectivity index (χ3n) is 3.25. The number of halogens is 1. The van der Waals surface area contributed by atoms with Gasteiger partial charge in [0.2, 0.25) is 5.89 Å². The summed E-state index contributed by atoms with van der Waals surface area (Å²) in [7, 11) is 0. The fourth-order valence-electron chi connectivity index (χ4n) is 2.19. The summed E-state index contributed by atoms with van der Waals surface area (Å²) in [4.78, 5) is 4.40. The van der Waals surface area contributed by atoms with Crippen LogP contribution < -0.4 is 0 Å². The zero-order valence-corrected chi connectivity index (χ0v) is 12.0. The van der Waals surface area contributed by atoms with E-state index in [0.717, 1.165) is 16.6 Å². The molecule has 0 saturated heterocycles. The van der Waals surface area contributed by atoms with E-state index in [4.69, 9.17) is 16.0 Å². The van der Waals surface area contributed by atoms with E-state index in [0.29, 0.717) is 16.5 Å². The fourth-order valence-corrected chi connectivity index (χ4v) is 2.35. The Hall–Kier alpha value is -2.00. The molecule has 0 amide bonds. The molecule has 1 aromatic heterocycles. The van der Waals surface area contributed by atoms with Gasteiger partial charge >= 0.3 is 0 Å². The van der Waals surface area contributed by atoms with Gasteiger partial charge in [-0.2, -0.15) is 0 Å². The number of aromatic nitrogens is 1. The van der Waals surface area contributed by atoms with Crippen molar-refractivity contribution in [3.63, 3.8) is 0 Å². The van der Waals surface area contributed by atoms with Crippen LogP contribution in [-0.4, -0.2) is 10.1 Å². The largest absolute Gasteiger partial charge is 0.508 e. The first-order valence-electron chi connectivity index (χ1n) is 6.44. The standard InChI is InChI=1S/C16H14ClNO2/c1-9(2)12-5-3-10(7-14(12)19)16-18-13-6-4-11(17)8-15(13)20-16/h3-9,19H,1-2H3. The first-order chi connectivity index (χ1) is 9.54. The Kier molecular flexibility index (Phi) is 3.14. The minimum absolute atomic E-state index is 0.262. The van der Waals surface area contributed by atoms with Gasteiger partial charge in [-0.25, -0.2) is 4.98 Å². The van der Waals surface area contributed by atoms with E-state index >= 15 is 0 Å². The Morgan fingerprint density at radius 1 is 1.15 bits per heavy atom. The van der Waals surface area contributed by atoms with E-state index in [-0.39, 0.29) is 11.7 Å². The van der Waals surface area contributed by atoms with Crippen LogP contribution in [0.3, 0.4) is 0 Å². The average molecular weight is 288 g/mol. The molecular weight excluding hydrogens is 274 g/mol. The van der Waals surface area contributed by atoms with Gasteiger partial charge in [-0.1, -0.05) is 31.5 Å². The number of hydrogen-bond acceptors (Lipinski definition) is 3. The van der Waals surface area contributed by atoms with Gasteiger partial charge in [-0.3, -0.25) is 0 Å². The minimum atomic E-state index is 0.262. The Bertz CT molecular complexity index is 777. The van der Waals surface area contributed by atoms with Gasteiger partial charge in [0.05, 0.1) is 0 Å². The zero-order chi connectivity index (χ0) is 14.3. The van der Waals surface area contributed by atoms with Crippen LogP contribution in [0, 0.1) is 0 Å². The summed E-state index contributed by atoms with van der Waals surface area (Å²) in [5, 5.41) is 10.7. The van der Waals surface area contributed by atoms with Crippen LogP contribution in [0.15, 0.2) is 40.8 Å². The molecule has 3 rings (SSSR count). The van der Waals surface area contributed by atoms with Crippen LogP contribution in [0.25, 0.3) is 22.6 Å². The summed E-state index contributed by atoms with van der Waals surface area (Å²) in [5.41, 5.74) is 3.05. The highest BCUT2D eigenvalue weighted by Crippen LogP contribution is 2.32. The molecule has 0 aliphatic carbocycles. The molecule has 20 heavy (non-hydrogen) atoms. The molecule has 1 N–H and O–H groups in total. The van der Waals surface area contributed by atoms with E-state index in [9.17, 15) is 5.11 Å². The molecular formula is C16H14ClNO2. The first kappa shape index (κ1) is 13.0. The molecule has 0 bridgehead atoms. The lowest BCUT2D eigenvalue weighted by Crippen LogP contribution is -1.88. The second kappa shape index (κ2) is 4.84. The second-order valence-corrected chi connectivity index (χ2v) is 5.50. The molecule has 0 radical (unpaired) electrons. The van der Waals surface area contributed by atoms with Gasteiger partial charge in [0.15, 0.2) is 5.58 Å². The maximum absolute atomic E-state index is 10.1. The average Bonchev–Trinajstić information content (AvgIpc) is 2.81. The van der Waals surface area contributed by atoms with E-state index in [1.54, 1.807) is 18.2 Å². The molecule has 0 saturated carbocycles. The molecule has 0 aliphatic rings. The van der Waals surface area contributed by atoms with E-state index < -0.39 is 0 Å². The lowest BCUT2D eigenvalue weighted by atomic mass is 10.0. The molecule has 0 fully saturated rings. The molecule has 2 aromatic carbocycles. The van der Waals surface area contributed by atoms with Crippen LogP contribution in [0.4, 0.5) is 0 Å². The summed E-state index contributed by atoms with van der Waals surface area (Å²) < 4.78 is 5.68. The van der Waals surface area contributed by atoms with Gasteiger partial charge in [-0.05, 0) is 35.7 Å². The van der Waals surface area contributed by atoms with E-state index in [1.807, 2.05) is 32.0 Å². The molecule has 0 atom stereocenters. The third-order valence-corrected chi connectivity index (χ3v) is 3.48. The predicted octanol–water partition coefficient (Wildman–Crippen LogP) is 4.98. The maximum atomic E-state index is 10.1. The topological polar surface area (TPSA) is 46.3 Å². The van der Waals surface area contributed by atoms with Crippen LogP contribution >= 0.6 is 11.6 Å². The van der Waals surface area contributed by atoms with Crippen LogP contribution in [0.5, 0.6) is 5.75 Å². The summed E-state index contributed by atoms with van der Waals surface area (Å²) in [6.07, 6.45) is 0. The molecule has 3 nitrogen and oxygen atoms in total. The Balaban J connectivity index is 2.08. The summed E-state index contributed by atoms with van der Waals surface area (Å²) >= 11 is 5.93. The van der Waals surface area contributed by atoms with Gasteiger partial charge in [0.1, 0.15) is 11.3 Å². The van der Waals surface area contributed by atoms with Crippen LogP contribution in [0.1, 0.15) is 25.3 Å². The molecule has 0 spiro atoms. The monoisotopic (exact) mass is 287 g/mol. The maximum Gasteiger partial charge on any atom is 0.227 e. The molecule has 102 valence electrons. The molecule has 3 aromatic rings. The lowest BCUT2D eigenvalue weighted by molar-refractivity contribution is 0.464. The minimum Gasteiger partial charge on any atom is -0.508 e. The lowest BCUT2D eigenvalue weighted by Gasteiger charge is -2.08. The quantitative estimate of drug-likeness (QED) is 0.723. The summed E-state index contributed by atoms with van der Waals surface area (Å²) in [6.45, 7) is 4.08. The number of fused-ring (bicyclic) bond motifs is 1. The Morgan fingerprint density at radius 2 is 1.95 bits per heavy atom. The van der Waals surface area contributed by atoms with Crippen molar-refractivity contribution in [1.29, 1.82) is 0 Å². The number of phenolic OH excluding ortho intramolecular Hbond substituents is 1. The van der Waals surface area contributed by atoms with Crippen molar-refractivity contribution in [2.24, 2.45) is 0 Å². The molecule has 1 heterocycles. The fraction of sp³-hybridized carbons (Fsp3) is 0.188. The van der Waals surface area contributed by atoms with Crippen molar-refractivity contribution >= 4 is 22.7 Å². The molecule has 4 heteroatoms. The van der Waals surface area contributed by atoms with Crippen molar-refractivity contribution in [1.82, 2.24) is 4.98 Å². The Labute approximate surface area is 121 Å². The first-order valence-corrected chi connectivity index (χ1v) is 6.82. The number of hydrogen-bond donors (Lipinski definition) is 1. The molecule has 0 aliphatic heterocycles. The predicted molar refractivity (Wildman–Crippen MR) is 80.2 cm³/mol. The van der Waals surface area contributed by atoms with Gasteiger partial charge in [0.25, 0.3) is 0 Å². The number of phenols is 1. The smallest absolute Gasteiger partial charge is 0.227 e. The number of rotatable bonds is 2. The van der Waals surface area contributed by atoms with Crippen molar-refractivity contribution in [2.45, 2.75) is 19.8 Å². The zero-order valence-electron chi connectivity index (χ0n) is 11.2.